The summed E-state index contributed by atoms with van der Waals surface area (Å²) in [7, 11) is 4.07. The average molecular weight is 244 g/mol. The van der Waals surface area contributed by atoms with E-state index in [2.05, 4.69) is 23.1 Å². The van der Waals surface area contributed by atoms with E-state index < -0.39 is 0 Å². The van der Waals surface area contributed by atoms with Crippen molar-refractivity contribution < 1.29 is 4.74 Å². The van der Waals surface area contributed by atoms with Gasteiger partial charge in [-0.25, -0.2) is 0 Å². The molecule has 2 N–H and O–H groups in total. The molecule has 0 aliphatic heterocycles. The zero-order chi connectivity index (χ0) is 13.0. The number of nitrogens with zero attached hydrogens (tertiary/aromatic N) is 1. The van der Waals surface area contributed by atoms with Gasteiger partial charge in [0.2, 0.25) is 0 Å². The normalized spacial score (nSPS) is 11.1. The van der Waals surface area contributed by atoms with Crippen molar-refractivity contribution in [3.63, 3.8) is 0 Å². The van der Waals surface area contributed by atoms with E-state index in [1.54, 1.807) is 0 Å². The quantitative estimate of drug-likeness (QED) is 0.876. The molecular formula is C15H20N2O. The van der Waals surface area contributed by atoms with Gasteiger partial charge < -0.3 is 15.4 Å². The van der Waals surface area contributed by atoms with Crippen molar-refractivity contribution in [2.45, 2.75) is 6.54 Å². The monoisotopic (exact) mass is 244 g/mol. The maximum Gasteiger partial charge on any atom is 0.124 e. The fourth-order valence-corrected chi connectivity index (χ4v) is 2.00. The van der Waals surface area contributed by atoms with Gasteiger partial charge >= 0.3 is 0 Å². The van der Waals surface area contributed by atoms with Crippen molar-refractivity contribution in [3.05, 3.63) is 42.0 Å². The smallest absolute Gasteiger partial charge is 0.124 e. The van der Waals surface area contributed by atoms with Crippen molar-refractivity contribution in [2.75, 3.05) is 27.2 Å². The number of benzene rings is 2. The molecule has 0 unspecified atom stereocenters. The van der Waals surface area contributed by atoms with Crippen LogP contribution in [0.1, 0.15) is 5.56 Å². The molecular weight excluding hydrogens is 224 g/mol. The molecule has 96 valence electrons. The maximum absolute atomic E-state index is 5.86. The topological polar surface area (TPSA) is 38.5 Å². The first-order valence-electron chi connectivity index (χ1n) is 6.20. The number of hydrogen-bond acceptors (Lipinski definition) is 3. The molecule has 2 aromatic carbocycles. The van der Waals surface area contributed by atoms with Crippen molar-refractivity contribution in [1.29, 1.82) is 0 Å². The van der Waals surface area contributed by atoms with E-state index in [0.29, 0.717) is 13.2 Å². The summed E-state index contributed by atoms with van der Waals surface area (Å²) in [6.45, 7) is 2.08. The van der Waals surface area contributed by atoms with Gasteiger partial charge in [-0.15, -0.1) is 0 Å². The van der Waals surface area contributed by atoms with Crippen LogP contribution in [0, 0.1) is 0 Å². The van der Waals surface area contributed by atoms with Crippen molar-refractivity contribution in [1.82, 2.24) is 4.90 Å². The highest BCUT2D eigenvalue weighted by atomic mass is 16.5. The van der Waals surface area contributed by atoms with Crippen LogP contribution in [0.15, 0.2) is 36.4 Å². The third-order valence-corrected chi connectivity index (χ3v) is 3.00. The molecule has 2 rings (SSSR count). The lowest BCUT2D eigenvalue weighted by atomic mass is 10.0. The SMILES string of the molecule is CN(C)CCOc1ccc2ccccc2c1CN. The van der Waals surface area contributed by atoms with E-state index in [1.165, 1.54) is 10.8 Å². The number of nitrogens with two attached hydrogens (primary N) is 1. The lowest BCUT2D eigenvalue weighted by Gasteiger charge is -2.15. The first-order valence-corrected chi connectivity index (χ1v) is 6.20. The van der Waals surface area contributed by atoms with Crippen LogP contribution in [0.25, 0.3) is 10.8 Å². The fraction of sp³-hybridized carbons (Fsp3) is 0.333. The molecule has 0 aliphatic carbocycles. The van der Waals surface area contributed by atoms with E-state index in [4.69, 9.17) is 10.5 Å². The van der Waals surface area contributed by atoms with Crippen LogP contribution < -0.4 is 10.5 Å². The highest BCUT2D eigenvalue weighted by molar-refractivity contribution is 5.87. The van der Waals surface area contributed by atoms with Gasteiger partial charge in [0.1, 0.15) is 12.4 Å². The van der Waals surface area contributed by atoms with Gasteiger partial charge in [0.05, 0.1) is 0 Å². The summed E-state index contributed by atoms with van der Waals surface area (Å²) in [5, 5.41) is 2.39. The number of ether oxygens (including phenoxy) is 1. The van der Waals surface area contributed by atoms with Crippen LogP contribution in [0.2, 0.25) is 0 Å². The third-order valence-electron chi connectivity index (χ3n) is 3.00. The Balaban J connectivity index is 2.27. The van der Waals surface area contributed by atoms with Gasteiger partial charge in [-0.05, 0) is 30.9 Å². The summed E-state index contributed by atoms with van der Waals surface area (Å²) < 4.78 is 5.83. The minimum atomic E-state index is 0.499. The first-order chi connectivity index (χ1) is 8.72. The summed E-state index contributed by atoms with van der Waals surface area (Å²) in [6, 6.07) is 12.4. The molecule has 0 atom stereocenters. The van der Waals surface area contributed by atoms with E-state index in [1.807, 2.05) is 32.3 Å². The molecule has 0 saturated carbocycles. The Hall–Kier alpha value is -1.58. The van der Waals surface area contributed by atoms with Crippen LogP contribution >= 0.6 is 0 Å². The second kappa shape index (κ2) is 5.85. The lowest BCUT2D eigenvalue weighted by Crippen LogP contribution is -2.20. The van der Waals surface area contributed by atoms with Crippen LogP contribution in [0.3, 0.4) is 0 Å². The van der Waals surface area contributed by atoms with E-state index in [9.17, 15) is 0 Å². The molecule has 0 aliphatic rings. The Morgan fingerprint density at radius 3 is 2.61 bits per heavy atom. The molecule has 0 spiro atoms. The Labute approximate surface area is 108 Å². The molecule has 0 fully saturated rings. The lowest BCUT2D eigenvalue weighted by molar-refractivity contribution is 0.260. The van der Waals surface area contributed by atoms with Gasteiger partial charge in [0, 0.05) is 18.7 Å². The minimum absolute atomic E-state index is 0.499. The first kappa shape index (κ1) is 12.9. The van der Waals surface area contributed by atoms with Crippen molar-refractivity contribution >= 4 is 10.8 Å². The second-order valence-electron chi connectivity index (χ2n) is 4.62. The van der Waals surface area contributed by atoms with Crippen LogP contribution in [0.5, 0.6) is 5.75 Å². The van der Waals surface area contributed by atoms with Crippen LogP contribution in [-0.4, -0.2) is 32.1 Å². The molecule has 2 aromatic rings. The molecule has 3 nitrogen and oxygen atoms in total. The standard InChI is InChI=1S/C15H20N2O/c1-17(2)9-10-18-15-8-7-12-5-3-4-6-13(12)14(15)11-16/h3-8H,9-11,16H2,1-2H3. The summed E-state index contributed by atoms with van der Waals surface area (Å²) >= 11 is 0. The molecule has 0 heterocycles. The molecule has 0 radical (unpaired) electrons. The van der Waals surface area contributed by atoms with E-state index in [-0.39, 0.29) is 0 Å². The van der Waals surface area contributed by atoms with Gasteiger partial charge in [-0.1, -0.05) is 30.3 Å². The molecule has 0 bridgehead atoms. The zero-order valence-electron chi connectivity index (χ0n) is 11.0. The Morgan fingerprint density at radius 2 is 1.89 bits per heavy atom. The predicted octanol–water partition coefficient (Wildman–Crippen LogP) is 2.24. The summed E-state index contributed by atoms with van der Waals surface area (Å²) in [5.74, 6) is 0.901. The predicted molar refractivity (Wildman–Crippen MR) is 75.9 cm³/mol. The van der Waals surface area contributed by atoms with Crippen molar-refractivity contribution in [3.8, 4) is 5.75 Å². The van der Waals surface area contributed by atoms with Gasteiger partial charge in [0.25, 0.3) is 0 Å². The maximum atomic E-state index is 5.86. The Morgan fingerprint density at radius 1 is 1.11 bits per heavy atom. The molecule has 0 amide bonds. The summed E-state index contributed by atoms with van der Waals surface area (Å²) in [5.41, 5.74) is 6.95. The van der Waals surface area contributed by atoms with Crippen LogP contribution in [0.4, 0.5) is 0 Å². The molecule has 0 aromatic heterocycles. The highest BCUT2D eigenvalue weighted by Crippen LogP contribution is 2.27. The number of fused-ring (bicyclic) bond motifs is 1. The minimum Gasteiger partial charge on any atom is -0.492 e. The Bertz CT molecular complexity index is 523. The number of likely N-dealkylation sites (N-methyl/N-ethyl adjacent to an activating group) is 1. The molecule has 0 saturated heterocycles. The van der Waals surface area contributed by atoms with Gasteiger partial charge in [-0.3, -0.25) is 0 Å². The van der Waals surface area contributed by atoms with Gasteiger partial charge in [-0.2, -0.15) is 0 Å². The third kappa shape index (κ3) is 2.81. The second-order valence-corrected chi connectivity index (χ2v) is 4.62. The molecule has 3 heteroatoms. The van der Waals surface area contributed by atoms with Gasteiger partial charge in [0.15, 0.2) is 0 Å². The zero-order valence-corrected chi connectivity index (χ0v) is 11.0. The number of hydrogen-bond donors (Lipinski definition) is 1. The Kier molecular flexibility index (Phi) is 4.18. The number of rotatable bonds is 5. The summed E-state index contributed by atoms with van der Waals surface area (Å²) in [4.78, 5) is 2.10. The summed E-state index contributed by atoms with van der Waals surface area (Å²) in [6.07, 6.45) is 0. The van der Waals surface area contributed by atoms with Crippen LogP contribution in [-0.2, 0) is 6.54 Å². The highest BCUT2D eigenvalue weighted by Gasteiger charge is 2.07. The van der Waals surface area contributed by atoms with E-state index in [0.717, 1.165) is 17.9 Å². The fourth-order valence-electron chi connectivity index (χ4n) is 2.00. The molecule has 18 heavy (non-hydrogen) atoms. The average Bonchev–Trinajstić information content (AvgIpc) is 2.38. The van der Waals surface area contributed by atoms with E-state index >= 15 is 0 Å². The largest absolute Gasteiger partial charge is 0.492 e. The van der Waals surface area contributed by atoms with Crippen molar-refractivity contribution in [2.24, 2.45) is 5.73 Å².